The van der Waals surface area contributed by atoms with Crippen LogP contribution in [0.15, 0.2) is 34.9 Å². The summed E-state index contributed by atoms with van der Waals surface area (Å²) in [5.74, 6) is 0.731. The van der Waals surface area contributed by atoms with Crippen molar-refractivity contribution in [2.75, 3.05) is 13.2 Å². The van der Waals surface area contributed by atoms with Gasteiger partial charge in [0.15, 0.2) is 11.7 Å². The molecule has 0 aliphatic carbocycles. The zero-order valence-corrected chi connectivity index (χ0v) is 12.8. The molecule has 0 saturated carbocycles. The minimum atomic E-state index is -0.295. The van der Waals surface area contributed by atoms with Gasteiger partial charge in [0.2, 0.25) is 5.91 Å². The number of aromatic nitrogens is 1. The van der Waals surface area contributed by atoms with Crippen LogP contribution in [0.2, 0.25) is 0 Å². The number of amides is 1. The largest absolute Gasteiger partial charge is 0.441 e. The van der Waals surface area contributed by atoms with E-state index in [9.17, 15) is 9.18 Å². The first-order valence-electron chi connectivity index (χ1n) is 7.79. The summed E-state index contributed by atoms with van der Waals surface area (Å²) < 4.78 is 24.0. The van der Waals surface area contributed by atoms with E-state index >= 15 is 0 Å². The van der Waals surface area contributed by atoms with E-state index in [0.717, 1.165) is 25.0 Å². The molecule has 6 heteroatoms. The number of oxazole rings is 1. The van der Waals surface area contributed by atoms with Crippen molar-refractivity contribution in [2.45, 2.75) is 31.8 Å². The van der Waals surface area contributed by atoms with Crippen LogP contribution >= 0.6 is 0 Å². The third-order valence-electron chi connectivity index (χ3n) is 3.80. The first-order chi connectivity index (χ1) is 11.2. The lowest BCUT2D eigenvalue weighted by Crippen LogP contribution is -2.31. The molecular weight excluding hydrogens is 299 g/mol. The van der Waals surface area contributed by atoms with Gasteiger partial charge < -0.3 is 14.5 Å². The number of hydrogen-bond acceptors (Lipinski definition) is 4. The number of benzene rings is 1. The zero-order chi connectivity index (χ0) is 16.1. The fourth-order valence-electron chi connectivity index (χ4n) is 2.52. The van der Waals surface area contributed by atoms with Gasteiger partial charge in [-0.15, -0.1) is 0 Å². The molecule has 1 N–H and O–H groups in total. The fraction of sp³-hybridized carbons (Fsp3) is 0.412. The maximum absolute atomic E-state index is 12.9. The number of nitrogens with zero attached hydrogens (tertiary/aromatic N) is 1. The van der Waals surface area contributed by atoms with Crippen molar-refractivity contribution in [3.63, 3.8) is 0 Å². The standard InChI is InChI=1S/C17H19FN2O3/c18-13-5-3-12(4-6-13)15-11-20-17(23-15)8-7-16(21)19-10-14-2-1-9-22-14/h3-6,11,14H,1-2,7-10H2,(H,19,21)/t14-/m0/s1. The maximum Gasteiger partial charge on any atom is 0.220 e. The van der Waals surface area contributed by atoms with Crippen molar-refractivity contribution in [1.82, 2.24) is 10.3 Å². The Hall–Kier alpha value is -2.21. The van der Waals surface area contributed by atoms with Crippen molar-refractivity contribution in [2.24, 2.45) is 0 Å². The van der Waals surface area contributed by atoms with E-state index in [1.54, 1.807) is 18.3 Å². The highest BCUT2D eigenvalue weighted by atomic mass is 19.1. The quantitative estimate of drug-likeness (QED) is 0.889. The Morgan fingerprint density at radius 3 is 2.91 bits per heavy atom. The molecule has 1 aliphatic heterocycles. The van der Waals surface area contributed by atoms with Crippen LogP contribution in [-0.4, -0.2) is 30.1 Å². The average molecular weight is 318 g/mol. The van der Waals surface area contributed by atoms with Crippen molar-refractivity contribution >= 4 is 5.91 Å². The Labute approximate surface area is 133 Å². The van der Waals surface area contributed by atoms with Crippen LogP contribution in [0.25, 0.3) is 11.3 Å². The molecule has 0 radical (unpaired) electrons. The number of rotatable bonds is 6. The molecular formula is C17H19FN2O3. The molecule has 0 spiro atoms. The van der Waals surface area contributed by atoms with Crippen molar-refractivity contribution in [3.05, 3.63) is 42.2 Å². The second-order valence-electron chi connectivity index (χ2n) is 5.56. The molecule has 122 valence electrons. The summed E-state index contributed by atoms with van der Waals surface area (Å²) in [7, 11) is 0. The van der Waals surface area contributed by atoms with Crippen molar-refractivity contribution in [3.8, 4) is 11.3 Å². The Morgan fingerprint density at radius 2 is 2.17 bits per heavy atom. The molecule has 1 aliphatic rings. The highest BCUT2D eigenvalue weighted by Crippen LogP contribution is 2.21. The first-order valence-corrected chi connectivity index (χ1v) is 7.79. The minimum Gasteiger partial charge on any atom is -0.441 e. The van der Waals surface area contributed by atoms with E-state index < -0.39 is 0 Å². The molecule has 1 atom stereocenters. The predicted molar refractivity (Wildman–Crippen MR) is 82.2 cm³/mol. The molecule has 1 saturated heterocycles. The Morgan fingerprint density at radius 1 is 1.35 bits per heavy atom. The van der Waals surface area contributed by atoms with E-state index in [0.29, 0.717) is 31.0 Å². The third-order valence-corrected chi connectivity index (χ3v) is 3.80. The van der Waals surface area contributed by atoms with Crippen molar-refractivity contribution < 1.29 is 18.3 Å². The SMILES string of the molecule is O=C(CCc1ncc(-c2ccc(F)cc2)o1)NC[C@@H]1CCCO1. The summed E-state index contributed by atoms with van der Waals surface area (Å²) in [6, 6.07) is 6.01. The van der Waals surface area contributed by atoms with E-state index in [1.165, 1.54) is 12.1 Å². The average Bonchev–Trinajstić information content (AvgIpc) is 3.23. The summed E-state index contributed by atoms with van der Waals surface area (Å²) in [6.45, 7) is 1.34. The highest BCUT2D eigenvalue weighted by Gasteiger charge is 2.16. The van der Waals surface area contributed by atoms with Gasteiger partial charge in [0, 0.05) is 31.6 Å². The maximum atomic E-state index is 12.9. The molecule has 5 nitrogen and oxygen atoms in total. The molecule has 2 heterocycles. The molecule has 1 aromatic carbocycles. The van der Waals surface area contributed by atoms with Gasteiger partial charge in [-0.3, -0.25) is 4.79 Å². The summed E-state index contributed by atoms with van der Waals surface area (Å²) in [4.78, 5) is 16.0. The number of halogens is 1. The molecule has 0 bridgehead atoms. The number of nitrogens with one attached hydrogen (secondary N) is 1. The van der Waals surface area contributed by atoms with E-state index in [1.807, 2.05) is 0 Å². The number of carbonyl (C=O) groups is 1. The van der Waals surface area contributed by atoms with Crippen LogP contribution in [0, 0.1) is 5.82 Å². The highest BCUT2D eigenvalue weighted by molar-refractivity contribution is 5.76. The summed E-state index contributed by atoms with van der Waals surface area (Å²) >= 11 is 0. The molecule has 1 aromatic heterocycles. The number of hydrogen-bond donors (Lipinski definition) is 1. The van der Waals surface area contributed by atoms with E-state index in [2.05, 4.69) is 10.3 Å². The van der Waals surface area contributed by atoms with E-state index in [4.69, 9.17) is 9.15 Å². The lowest BCUT2D eigenvalue weighted by atomic mass is 10.2. The van der Waals surface area contributed by atoms with E-state index in [-0.39, 0.29) is 17.8 Å². The minimum absolute atomic E-state index is 0.0398. The van der Waals surface area contributed by atoms with Crippen LogP contribution in [0.1, 0.15) is 25.2 Å². The molecule has 0 unspecified atom stereocenters. The number of aryl methyl sites for hydroxylation is 1. The topological polar surface area (TPSA) is 64.4 Å². The van der Waals surface area contributed by atoms with Gasteiger partial charge >= 0.3 is 0 Å². The van der Waals surface area contributed by atoms with Crippen molar-refractivity contribution in [1.29, 1.82) is 0 Å². The summed E-state index contributed by atoms with van der Waals surface area (Å²) in [5, 5.41) is 2.86. The zero-order valence-electron chi connectivity index (χ0n) is 12.8. The van der Waals surface area contributed by atoms with Crippen LogP contribution in [0.4, 0.5) is 4.39 Å². The summed E-state index contributed by atoms with van der Waals surface area (Å²) in [6.07, 6.45) is 4.54. The van der Waals surface area contributed by atoms with Gasteiger partial charge in [-0.25, -0.2) is 9.37 Å². The van der Waals surface area contributed by atoms with Gasteiger partial charge in [-0.1, -0.05) is 0 Å². The van der Waals surface area contributed by atoms with Gasteiger partial charge in [0.05, 0.1) is 12.3 Å². The Kier molecular flexibility index (Phi) is 5.02. The van der Waals surface area contributed by atoms with Gasteiger partial charge in [-0.05, 0) is 37.1 Å². The van der Waals surface area contributed by atoms with Crippen LogP contribution in [0.3, 0.4) is 0 Å². The normalized spacial score (nSPS) is 17.3. The number of ether oxygens (including phenoxy) is 1. The number of carbonyl (C=O) groups excluding carboxylic acids is 1. The second-order valence-corrected chi connectivity index (χ2v) is 5.56. The predicted octanol–water partition coefficient (Wildman–Crippen LogP) is 2.71. The first kappa shape index (κ1) is 15.7. The monoisotopic (exact) mass is 318 g/mol. The van der Waals surface area contributed by atoms with Crippen LogP contribution < -0.4 is 5.32 Å². The summed E-state index contributed by atoms with van der Waals surface area (Å²) in [5.41, 5.74) is 0.757. The molecule has 1 fully saturated rings. The lowest BCUT2D eigenvalue weighted by Gasteiger charge is -2.10. The van der Waals surface area contributed by atoms with Crippen LogP contribution in [-0.2, 0) is 16.0 Å². The molecule has 3 rings (SSSR count). The van der Waals surface area contributed by atoms with Gasteiger partial charge in [0.25, 0.3) is 0 Å². The van der Waals surface area contributed by atoms with Gasteiger partial charge in [-0.2, -0.15) is 0 Å². The Bertz CT molecular complexity index is 648. The molecule has 1 amide bonds. The van der Waals surface area contributed by atoms with Gasteiger partial charge in [0.1, 0.15) is 5.82 Å². The van der Waals surface area contributed by atoms with Crippen LogP contribution in [0.5, 0.6) is 0 Å². The Balaban J connectivity index is 1.47. The molecule has 2 aromatic rings. The lowest BCUT2D eigenvalue weighted by molar-refractivity contribution is -0.121. The second kappa shape index (κ2) is 7.37. The molecule has 23 heavy (non-hydrogen) atoms. The fourth-order valence-corrected chi connectivity index (χ4v) is 2.52. The smallest absolute Gasteiger partial charge is 0.220 e. The third kappa shape index (κ3) is 4.39.